The number of anilines is 1. The Kier molecular flexibility index (Phi) is 4.65. The van der Waals surface area contributed by atoms with Crippen LogP contribution in [0.2, 0.25) is 0 Å². The Hall–Kier alpha value is -3.53. The van der Waals surface area contributed by atoms with Crippen LogP contribution in [0.15, 0.2) is 18.2 Å². The molecule has 4 aromatic rings. The molecule has 0 aliphatic carbocycles. The fourth-order valence-corrected chi connectivity index (χ4v) is 4.82. The highest BCUT2D eigenvalue weighted by Gasteiger charge is 2.26. The second kappa shape index (κ2) is 7.06. The van der Waals surface area contributed by atoms with Gasteiger partial charge in [-0.3, -0.25) is 19.3 Å². The van der Waals surface area contributed by atoms with Gasteiger partial charge in [-0.2, -0.15) is 0 Å². The van der Waals surface area contributed by atoms with E-state index >= 15 is 0 Å². The summed E-state index contributed by atoms with van der Waals surface area (Å²) in [4.78, 5) is 40.7. The molecule has 0 unspecified atom stereocenters. The molecule has 10 heteroatoms. The lowest BCUT2D eigenvalue weighted by atomic mass is 10.2. The first kappa shape index (κ1) is 19.8. The number of ether oxygens (including phenoxy) is 1. The van der Waals surface area contributed by atoms with Gasteiger partial charge in [0.1, 0.15) is 11.3 Å². The van der Waals surface area contributed by atoms with Crippen molar-refractivity contribution in [3.8, 4) is 0 Å². The molecule has 30 heavy (non-hydrogen) atoms. The monoisotopic (exact) mass is 426 g/mol. The summed E-state index contributed by atoms with van der Waals surface area (Å²) in [5.41, 5.74) is 2.55. The molecule has 4 rings (SSSR count). The Morgan fingerprint density at radius 3 is 2.70 bits per heavy atom. The molecule has 0 spiro atoms. The van der Waals surface area contributed by atoms with Gasteiger partial charge in [0.15, 0.2) is 0 Å². The first-order valence-corrected chi connectivity index (χ1v) is 10.0. The Balaban J connectivity index is 2.20. The maximum atomic E-state index is 12.5. The number of hydrogen-bond acceptors (Lipinski definition) is 7. The molecule has 1 N–H and O–H groups in total. The number of nitrogens with zero attached hydrogens (tertiary/aromatic N) is 3. The van der Waals surface area contributed by atoms with E-state index in [1.165, 1.54) is 30.4 Å². The van der Waals surface area contributed by atoms with E-state index in [4.69, 9.17) is 4.74 Å². The SMILES string of the molecule is CCOC(=O)c1c(C)sc2c1nc(C)n1c3cc([N+](=O)[O-])ccc3c(NC(C)=O)c21. The lowest BCUT2D eigenvalue weighted by molar-refractivity contribution is -0.384. The molecule has 0 saturated carbocycles. The van der Waals surface area contributed by atoms with Crippen molar-refractivity contribution in [2.75, 3.05) is 11.9 Å². The number of hydrogen-bond donors (Lipinski definition) is 1. The van der Waals surface area contributed by atoms with Gasteiger partial charge in [-0.1, -0.05) is 0 Å². The molecule has 0 aliphatic heterocycles. The fourth-order valence-electron chi connectivity index (χ4n) is 3.70. The number of aryl methyl sites for hydroxylation is 2. The van der Waals surface area contributed by atoms with E-state index in [9.17, 15) is 19.7 Å². The van der Waals surface area contributed by atoms with Crippen molar-refractivity contribution >= 4 is 61.2 Å². The van der Waals surface area contributed by atoms with Crippen LogP contribution in [0, 0.1) is 24.0 Å². The van der Waals surface area contributed by atoms with Crippen molar-refractivity contribution in [3.05, 3.63) is 44.6 Å². The minimum atomic E-state index is -0.466. The number of benzene rings is 1. The minimum Gasteiger partial charge on any atom is -0.462 e. The van der Waals surface area contributed by atoms with Crippen LogP contribution in [0.25, 0.3) is 26.6 Å². The molecule has 1 aromatic carbocycles. The zero-order chi connectivity index (χ0) is 21.7. The van der Waals surface area contributed by atoms with Gasteiger partial charge in [0.05, 0.1) is 38.5 Å². The molecule has 3 heterocycles. The predicted molar refractivity (Wildman–Crippen MR) is 114 cm³/mol. The molecule has 0 radical (unpaired) electrons. The van der Waals surface area contributed by atoms with Crippen molar-refractivity contribution in [2.24, 2.45) is 0 Å². The highest BCUT2D eigenvalue weighted by atomic mass is 32.1. The maximum absolute atomic E-state index is 12.5. The van der Waals surface area contributed by atoms with Crippen LogP contribution in [-0.2, 0) is 9.53 Å². The third-order valence-corrected chi connectivity index (χ3v) is 5.92. The molecule has 154 valence electrons. The Bertz CT molecular complexity index is 1390. The lowest BCUT2D eigenvalue weighted by Crippen LogP contribution is -2.07. The van der Waals surface area contributed by atoms with Gasteiger partial charge in [-0.05, 0) is 26.8 Å². The molecule has 0 saturated heterocycles. The second-order valence-electron chi connectivity index (χ2n) is 6.79. The van der Waals surface area contributed by atoms with E-state index in [1.807, 2.05) is 6.92 Å². The Labute approximate surface area is 174 Å². The minimum absolute atomic E-state index is 0.0645. The summed E-state index contributed by atoms with van der Waals surface area (Å²) in [6.45, 7) is 6.95. The second-order valence-corrected chi connectivity index (χ2v) is 8.01. The number of fused-ring (bicyclic) bond motifs is 5. The van der Waals surface area contributed by atoms with Crippen molar-refractivity contribution < 1.29 is 19.2 Å². The molecule has 1 amide bonds. The number of amides is 1. The zero-order valence-corrected chi connectivity index (χ0v) is 17.5. The van der Waals surface area contributed by atoms with Crippen LogP contribution >= 0.6 is 11.3 Å². The molecule has 0 aliphatic rings. The lowest BCUT2D eigenvalue weighted by Gasteiger charge is -2.06. The van der Waals surface area contributed by atoms with E-state index in [1.54, 1.807) is 24.3 Å². The van der Waals surface area contributed by atoms with Gasteiger partial charge in [0.25, 0.3) is 5.69 Å². The third-order valence-electron chi connectivity index (χ3n) is 4.81. The van der Waals surface area contributed by atoms with Crippen LogP contribution in [0.1, 0.15) is 34.9 Å². The number of thiophene rings is 1. The quantitative estimate of drug-likeness (QED) is 0.294. The van der Waals surface area contributed by atoms with E-state index in [0.717, 1.165) is 4.88 Å². The first-order valence-electron chi connectivity index (χ1n) is 9.21. The van der Waals surface area contributed by atoms with Crippen molar-refractivity contribution in [2.45, 2.75) is 27.7 Å². The van der Waals surface area contributed by atoms with Crippen LogP contribution in [0.5, 0.6) is 0 Å². The average Bonchev–Trinajstić information content (AvgIpc) is 3.16. The van der Waals surface area contributed by atoms with E-state index in [2.05, 4.69) is 10.3 Å². The van der Waals surface area contributed by atoms with E-state index in [0.29, 0.717) is 43.7 Å². The summed E-state index contributed by atoms with van der Waals surface area (Å²) in [5, 5.41) is 14.8. The van der Waals surface area contributed by atoms with Gasteiger partial charge >= 0.3 is 5.97 Å². The van der Waals surface area contributed by atoms with Crippen LogP contribution in [0.4, 0.5) is 11.4 Å². The summed E-state index contributed by atoms with van der Waals surface area (Å²) in [7, 11) is 0. The largest absolute Gasteiger partial charge is 0.462 e. The molecule has 9 nitrogen and oxygen atoms in total. The summed E-state index contributed by atoms with van der Waals surface area (Å²) in [6.07, 6.45) is 0. The summed E-state index contributed by atoms with van der Waals surface area (Å²) in [5.74, 6) is -0.197. The highest BCUT2D eigenvalue weighted by molar-refractivity contribution is 7.20. The third kappa shape index (κ3) is 2.88. The van der Waals surface area contributed by atoms with Gasteiger partial charge in [-0.15, -0.1) is 11.3 Å². The van der Waals surface area contributed by atoms with Crippen molar-refractivity contribution in [3.63, 3.8) is 0 Å². The van der Waals surface area contributed by atoms with Crippen molar-refractivity contribution in [1.29, 1.82) is 0 Å². The predicted octanol–water partition coefficient (Wildman–Crippen LogP) is 4.36. The number of carbonyl (C=O) groups excluding carboxylic acids is 2. The fraction of sp³-hybridized carbons (Fsp3) is 0.250. The van der Waals surface area contributed by atoms with Crippen molar-refractivity contribution in [1.82, 2.24) is 9.38 Å². The molecular weight excluding hydrogens is 408 g/mol. The molecule has 3 aromatic heterocycles. The first-order chi connectivity index (χ1) is 14.2. The van der Waals surface area contributed by atoms with Gasteiger partial charge in [0, 0.05) is 29.3 Å². The number of nitrogens with one attached hydrogen (secondary N) is 1. The standard InChI is InChI=1S/C20H18N4O5S/c1-5-29-20(26)15-9(2)30-19-17(15)21-10(3)23-14-8-12(24(27)28)6-7-13(14)16(18(19)23)22-11(4)25/h6-8H,5H2,1-4H3,(H,22,25). The number of esters is 1. The Morgan fingerprint density at radius 2 is 2.07 bits per heavy atom. The normalized spacial score (nSPS) is 11.3. The number of aromatic nitrogens is 2. The Morgan fingerprint density at radius 1 is 1.33 bits per heavy atom. The summed E-state index contributed by atoms with van der Waals surface area (Å²) < 4.78 is 7.68. The van der Waals surface area contributed by atoms with Gasteiger partial charge < -0.3 is 10.1 Å². The number of nitro benzene ring substituents is 1. The molecule has 0 atom stereocenters. The van der Waals surface area contributed by atoms with Crippen LogP contribution in [0.3, 0.4) is 0 Å². The topological polar surface area (TPSA) is 116 Å². The zero-order valence-electron chi connectivity index (χ0n) is 16.7. The summed E-state index contributed by atoms with van der Waals surface area (Å²) in [6, 6.07) is 4.47. The highest BCUT2D eigenvalue weighted by Crippen LogP contribution is 2.42. The van der Waals surface area contributed by atoms with Crippen LogP contribution < -0.4 is 5.32 Å². The molecule has 0 bridgehead atoms. The number of non-ortho nitro benzene ring substituents is 1. The van der Waals surface area contributed by atoms with E-state index in [-0.39, 0.29) is 18.2 Å². The van der Waals surface area contributed by atoms with Gasteiger partial charge in [-0.25, -0.2) is 9.78 Å². The smallest absolute Gasteiger partial charge is 0.341 e. The summed E-state index contributed by atoms with van der Waals surface area (Å²) >= 11 is 1.37. The number of rotatable bonds is 4. The number of nitro groups is 1. The van der Waals surface area contributed by atoms with E-state index < -0.39 is 10.9 Å². The van der Waals surface area contributed by atoms with Gasteiger partial charge in [0.2, 0.25) is 5.91 Å². The molecule has 0 fully saturated rings. The molecular formula is C20H18N4O5S. The average molecular weight is 426 g/mol. The maximum Gasteiger partial charge on any atom is 0.341 e. The van der Waals surface area contributed by atoms with Crippen LogP contribution in [-0.4, -0.2) is 32.8 Å². The number of carbonyl (C=O) groups is 2.